The third-order valence-electron chi connectivity index (χ3n) is 3.78. The van der Waals surface area contributed by atoms with Crippen molar-refractivity contribution in [2.45, 2.75) is 64.1 Å². The van der Waals surface area contributed by atoms with Gasteiger partial charge in [-0.1, -0.05) is 19.3 Å². The molecule has 1 aliphatic rings. The van der Waals surface area contributed by atoms with Crippen molar-refractivity contribution in [3.8, 4) is 0 Å². The third kappa shape index (κ3) is 2.91. The predicted octanol–water partition coefficient (Wildman–Crippen LogP) is 3.71. The van der Waals surface area contributed by atoms with Crippen LogP contribution in [0, 0.1) is 0 Å². The highest BCUT2D eigenvalue weighted by Crippen LogP contribution is 2.43. The summed E-state index contributed by atoms with van der Waals surface area (Å²) in [6, 6.07) is 0. The molecule has 1 aromatic rings. The van der Waals surface area contributed by atoms with Gasteiger partial charge in [-0.15, -0.1) is 0 Å². The smallest absolute Gasteiger partial charge is 0.131 e. The molecule has 2 rings (SSSR count). The van der Waals surface area contributed by atoms with Gasteiger partial charge in [0.1, 0.15) is 5.57 Å². The molecule has 0 aromatic carbocycles. The molecule has 1 fully saturated rings. The van der Waals surface area contributed by atoms with Crippen molar-refractivity contribution in [3.05, 3.63) is 12.4 Å². The van der Waals surface area contributed by atoms with Crippen LogP contribution in [0.25, 0.3) is 0 Å². The van der Waals surface area contributed by atoms with Crippen molar-refractivity contribution in [3.63, 3.8) is 0 Å². The van der Waals surface area contributed by atoms with E-state index in [1.807, 2.05) is 6.20 Å². The lowest BCUT2D eigenvalue weighted by Gasteiger charge is -2.31. The number of rotatable bonds is 2. The van der Waals surface area contributed by atoms with E-state index < -0.39 is 0 Å². The number of imidazole rings is 1. The Morgan fingerprint density at radius 2 is 1.88 bits per heavy atom. The summed E-state index contributed by atoms with van der Waals surface area (Å²) in [5.74, 6) is 0. The third-order valence-corrected chi connectivity index (χ3v) is 6.36. The molecule has 0 amide bonds. The van der Waals surface area contributed by atoms with Crippen LogP contribution in [-0.2, 0) is 5.54 Å². The maximum absolute atomic E-state index is 4.65. The van der Waals surface area contributed by atoms with Gasteiger partial charge in [0.2, 0.25) is 0 Å². The van der Waals surface area contributed by atoms with E-state index in [-0.39, 0.29) is 13.5 Å². The zero-order chi connectivity index (χ0) is 12.5. The van der Waals surface area contributed by atoms with E-state index in [9.17, 15) is 0 Å². The minimum Gasteiger partial charge on any atom is -0.326 e. The SMILES string of the molecule is CP(c1nccn1C(C)(C)C)C1CCCCC1. The lowest BCUT2D eigenvalue weighted by atomic mass is 10.0. The highest BCUT2D eigenvalue weighted by molar-refractivity contribution is 7.65. The second kappa shape index (κ2) is 5.10. The molecule has 0 aliphatic heterocycles. The van der Waals surface area contributed by atoms with E-state index in [1.165, 1.54) is 37.7 Å². The largest absolute Gasteiger partial charge is 0.326 e. The number of nitrogens with zero attached hydrogens (tertiary/aromatic N) is 2. The summed E-state index contributed by atoms with van der Waals surface area (Å²) >= 11 is 0. The van der Waals surface area contributed by atoms with Gasteiger partial charge in [-0.3, -0.25) is 0 Å². The summed E-state index contributed by atoms with van der Waals surface area (Å²) in [5.41, 5.74) is 2.42. The maximum atomic E-state index is 4.65. The Labute approximate surface area is 107 Å². The lowest BCUT2D eigenvalue weighted by Crippen LogP contribution is -2.33. The normalized spacial score (nSPS) is 20.5. The van der Waals surface area contributed by atoms with Gasteiger partial charge in [-0.2, -0.15) is 0 Å². The van der Waals surface area contributed by atoms with Crippen molar-refractivity contribution in [2.75, 3.05) is 6.66 Å². The number of hydrogen-bond donors (Lipinski definition) is 0. The lowest BCUT2D eigenvalue weighted by molar-refractivity contribution is 0.405. The molecule has 0 N–H and O–H groups in total. The molecule has 1 unspecified atom stereocenters. The molecule has 0 bridgehead atoms. The molecule has 1 saturated carbocycles. The van der Waals surface area contributed by atoms with Gasteiger partial charge in [-0.05, 0) is 53.9 Å². The average molecular weight is 252 g/mol. The van der Waals surface area contributed by atoms with E-state index in [0.717, 1.165) is 5.66 Å². The summed E-state index contributed by atoms with van der Waals surface area (Å²) in [6.45, 7) is 9.22. The molecular weight excluding hydrogens is 227 g/mol. The van der Waals surface area contributed by atoms with Crippen LogP contribution in [0.2, 0.25) is 0 Å². The number of hydrogen-bond acceptors (Lipinski definition) is 1. The van der Waals surface area contributed by atoms with Gasteiger partial charge in [0.25, 0.3) is 0 Å². The fourth-order valence-electron chi connectivity index (χ4n) is 2.71. The van der Waals surface area contributed by atoms with E-state index in [4.69, 9.17) is 0 Å². The Hall–Kier alpha value is -0.360. The van der Waals surface area contributed by atoms with Crippen LogP contribution in [0.1, 0.15) is 52.9 Å². The molecule has 17 heavy (non-hydrogen) atoms. The highest BCUT2D eigenvalue weighted by atomic mass is 31.1. The minimum absolute atomic E-state index is 0.0900. The standard InChI is InChI=1S/C14H25N2P/c1-14(2,3)16-11-10-15-13(16)17(4)12-8-6-5-7-9-12/h10-12H,5-9H2,1-4H3. The van der Waals surface area contributed by atoms with Crippen LogP contribution in [0.5, 0.6) is 0 Å². The molecule has 1 atom stereocenters. The van der Waals surface area contributed by atoms with Gasteiger partial charge in [0.05, 0.1) is 0 Å². The van der Waals surface area contributed by atoms with E-state index in [0.29, 0.717) is 0 Å². The predicted molar refractivity (Wildman–Crippen MR) is 76.6 cm³/mol. The van der Waals surface area contributed by atoms with Crippen molar-refractivity contribution in [1.82, 2.24) is 9.55 Å². The molecule has 1 aliphatic carbocycles. The van der Waals surface area contributed by atoms with Crippen molar-refractivity contribution in [2.24, 2.45) is 0 Å². The van der Waals surface area contributed by atoms with Crippen LogP contribution >= 0.6 is 7.92 Å². The highest BCUT2D eigenvalue weighted by Gasteiger charge is 2.26. The molecule has 1 aromatic heterocycles. The van der Waals surface area contributed by atoms with Gasteiger partial charge >= 0.3 is 0 Å². The molecule has 0 spiro atoms. The van der Waals surface area contributed by atoms with Gasteiger partial charge in [0.15, 0.2) is 0 Å². The monoisotopic (exact) mass is 252 g/mol. The molecule has 1 heterocycles. The molecule has 96 valence electrons. The summed E-state index contributed by atoms with van der Waals surface area (Å²) in [6.07, 6.45) is 11.2. The Bertz CT molecular complexity index is 359. The topological polar surface area (TPSA) is 17.8 Å². The van der Waals surface area contributed by atoms with E-state index in [1.54, 1.807) is 0 Å². The van der Waals surface area contributed by atoms with Crippen LogP contribution in [-0.4, -0.2) is 21.9 Å². The van der Waals surface area contributed by atoms with Crippen molar-refractivity contribution in [1.29, 1.82) is 0 Å². The molecule has 0 radical (unpaired) electrons. The van der Waals surface area contributed by atoms with Gasteiger partial charge in [-0.25, -0.2) is 4.98 Å². The first kappa shape index (κ1) is 13.1. The first-order valence-corrected chi connectivity index (χ1v) is 8.62. The zero-order valence-corrected chi connectivity index (χ0v) is 12.5. The Morgan fingerprint density at radius 3 is 2.47 bits per heavy atom. The van der Waals surface area contributed by atoms with Crippen LogP contribution < -0.4 is 5.57 Å². The number of aromatic nitrogens is 2. The van der Waals surface area contributed by atoms with Crippen LogP contribution in [0.15, 0.2) is 12.4 Å². The van der Waals surface area contributed by atoms with E-state index in [2.05, 4.69) is 43.2 Å². The second-order valence-electron chi connectivity index (χ2n) is 6.17. The Balaban J connectivity index is 2.18. The second-order valence-corrected chi connectivity index (χ2v) is 8.52. The average Bonchev–Trinajstić information content (AvgIpc) is 2.78. The summed E-state index contributed by atoms with van der Waals surface area (Å²) in [4.78, 5) is 4.65. The zero-order valence-electron chi connectivity index (χ0n) is 11.6. The fourth-order valence-corrected chi connectivity index (χ4v) is 5.13. The summed E-state index contributed by atoms with van der Waals surface area (Å²) < 4.78 is 2.38. The minimum atomic E-state index is -0.0900. The van der Waals surface area contributed by atoms with Gasteiger partial charge < -0.3 is 4.57 Å². The van der Waals surface area contributed by atoms with Gasteiger partial charge in [0, 0.05) is 17.9 Å². The Kier molecular flexibility index (Phi) is 3.92. The Morgan fingerprint density at radius 1 is 1.24 bits per heavy atom. The summed E-state index contributed by atoms with van der Waals surface area (Å²) in [7, 11) is -0.0900. The summed E-state index contributed by atoms with van der Waals surface area (Å²) in [5, 5.41) is 0. The van der Waals surface area contributed by atoms with Crippen LogP contribution in [0.4, 0.5) is 0 Å². The fraction of sp³-hybridized carbons (Fsp3) is 0.786. The quantitative estimate of drug-likeness (QED) is 0.734. The van der Waals surface area contributed by atoms with E-state index >= 15 is 0 Å². The first-order valence-electron chi connectivity index (χ1n) is 6.77. The molecular formula is C14H25N2P. The molecule has 2 nitrogen and oxygen atoms in total. The van der Waals surface area contributed by atoms with Crippen LogP contribution in [0.3, 0.4) is 0 Å². The molecule has 3 heteroatoms. The molecule has 0 saturated heterocycles. The first-order chi connectivity index (χ1) is 8.00. The van der Waals surface area contributed by atoms with Crippen molar-refractivity contribution >= 4 is 13.5 Å². The maximum Gasteiger partial charge on any atom is 0.131 e. The van der Waals surface area contributed by atoms with Crippen molar-refractivity contribution < 1.29 is 0 Å².